The van der Waals surface area contributed by atoms with Crippen LogP contribution in [0.4, 0.5) is 0 Å². The van der Waals surface area contributed by atoms with Crippen LogP contribution < -0.4 is 4.74 Å². The number of carbonyl (C=O) groups is 1. The monoisotopic (exact) mass is 458 g/mol. The van der Waals surface area contributed by atoms with Crippen molar-refractivity contribution in [2.24, 2.45) is 11.8 Å². The number of hydrogen-bond donors (Lipinski definition) is 1. The van der Waals surface area contributed by atoms with Crippen molar-refractivity contribution in [1.82, 2.24) is 9.88 Å². The SMILES string of the molecule is C/C=C(/C(=O)OC)[C@H]1C[C@H]2c3[nH]c4cc(-c5ccccc5)cc(OC)c4c3CCN2C[C@H]1CC. The van der Waals surface area contributed by atoms with Gasteiger partial charge in [-0.05, 0) is 60.4 Å². The fourth-order valence-corrected chi connectivity index (χ4v) is 6.22. The molecule has 34 heavy (non-hydrogen) atoms. The summed E-state index contributed by atoms with van der Waals surface area (Å²) in [5, 5.41) is 1.20. The third kappa shape index (κ3) is 3.72. The van der Waals surface area contributed by atoms with Crippen molar-refractivity contribution in [3.05, 3.63) is 65.4 Å². The van der Waals surface area contributed by atoms with Crippen molar-refractivity contribution in [3.63, 3.8) is 0 Å². The number of fused-ring (bicyclic) bond motifs is 5. The molecule has 2 aliphatic heterocycles. The Balaban J connectivity index is 1.59. The molecule has 0 saturated carbocycles. The molecule has 0 aliphatic carbocycles. The Hall–Kier alpha value is -3.05. The van der Waals surface area contributed by atoms with E-state index in [1.165, 1.54) is 29.3 Å². The van der Waals surface area contributed by atoms with Crippen LogP contribution in [0.25, 0.3) is 22.0 Å². The van der Waals surface area contributed by atoms with E-state index in [1.54, 1.807) is 7.11 Å². The molecular weight excluding hydrogens is 424 g/mol. The minimum atomic E-state index is -0.193. The average Bonchev–Trinajstić information content (AvgIpc) is 3.27. The summed E-state index contributed by atoms with van der Waals surface area (Å²) in [5.41, 5.74) is 6.91. The molecule has 0 spiro atoms. The van der Waals surface area contributed by atoms with E-state index in [1.807, 2.05) is 19.1 Å². The van der Waals surface area contributed by atoms with Gasteiger partial charge in [-0.1, -0.05) is 49.8 Å². The summed E-state index contributed by atoms with van der Waals surface area (Å²) in [4.78, 5) is 19.0. The largest absolute Gasteiger partial charge is 0.496 e. The van der Waals surface area contributed by atoms with Crippen LogP contribution in [0.2, 0.25) is 0 Å². The van der Waals surface area contributed by atoms with Crippen molar-refractivity contribution in [2.45, 2.75) is 39.2 Å². The van der Waals surface area contributed by atoms with Crippen molar-refractivity contribution in [1.29, 1.82) is 0 Å². The van der Waals surface area contributed by atoms with Crippen LogP contribution in [0, 0.1) is 11.8 Å². The van der Waals surface area contributed by atoms with Crippen LogP contribution in [0.3, 0.4) is 0 Å². The highest BCUT2D eigenvalue weighted by Crippen LogP contribution is 2.47. The molecule has 2 aromatic carbocycles. The fourth-order valence-electron chi connectivity index (χ4n) is 6.22. The molecule has 1 aromatic heterocycles. The summed E-state index contributed by atoms with van der Waals surface area (Å²) in [5.74, 6) is 1.38. The smallest absolute Gasteiger partial charge is 0.333 e. The highest BCUT2D eigenvalue weighted by atomic mass is 16.5. The van der Waals surface area contributed by atoms with Gasteiger partial charge in [-0.3, -0.25) is 4.90 Å². The predicted octanol–water partition coefficient (Wildman–Crippen LogP) is 5.91. The first-order valence-corrected chi connectivity index (χ1v) is 12.4. The zero-order valence-electron chi connectivity index (χ0n) is 20.6. The van der Waals surface area contributed by atoms with Gasteiger partial charge in [0, 0.05) is 29.7 Å². The molecule has 3 aromatic rings. The van der Waals surface area contributed by atoms with Gasteiger partial charge in [0.25, 0.3) is 0 Å². The fraction of sp³-hybridized carbons (Fsp3) is 0.414. The minimum Gasteiger partial charge on any atom is -0.496 e. The van der Waals surface area contributed by atoms with Gasteiger partial charge >= 0.3 is 5.97 Å². The molecular formula is C29H34N2O3. The second kappa shape index (κ2) is 9.30. The Kier molecular flexibility index (Phi) is 6.22. The summed E-state index contributed by atoms with van der Waals surface area (Å²) in [6.45, 7) is 6.22. The normalized spacial score (nSPS) is 22.8. The Bertz CT molecular complexity index is 1230. The van der Waals surface area contributed by atoms with Crippen LogP contribution >= 0.6 is 0 Å². The Labute approximate surface area is 201 Å². The quantitative estimate of drug-likeness (QED) is 0.382. The van der Waals surface area contributed by atoms with Gasteiger partial charge in [-0.2, -0.15) is 0 Å². The van der Waals surface area contributed by atoms with E-state index in [2.05, 4.69) is 53.2 Å². The maximum atomic E-state index is 12.6. The zero-order valence-corrected chi connectivity index (χ0v) is 20.6. The summed E-state index contributed by atoms with van der Waals surface area (Å²) >= 11 is 0. The Morgan fingerprint density at radius 3 is 2.65 bits per heavy atom. The highest BCUT2D eigenvalue weighted by molar-refractivity contribution is 5.95. The lowest BCUT2D eigenvalue weighted by molar-refractivity contribution is -0.137. The molecule has 178 valence electrons. The number of hydrogen-bond acceptors (Lipinski definition) is 4. The maximum Gasteiger partial charge on any atom is 0.333 e. The van der Waals surface area contributed by atoms with E-state index < -0.39 is 0 Å². The van der Waals surface area contributed by atoms with Gasteiger partial charge in [0.15, 0.2) is 0 Å². The summed E-state index contributed by atoms with van der Waals surface area (Å²) in [7, 11) is 3.24. The van der Waals surface area contributed by atoms with E-state index in [9.17, 15) is 4.79 Å². The van der Waals surface area contributed by atoms with Crippen molar-refractivity contribution >= 4 is 16.9 Å². The van der Waals surface area contributed by atoms with E-state index in [4.69, 9.17) is 9.47 Å². The van der Waals surface area contributed by atoms with E-state index in [0.29, 0.717) is 5.92 Å². The number of carbonyl (C=O) groups excluding carboxylic acids is 1. The van der Waals surface area contributed by atoms with Gasteiger partial charge in [0.1, 0.15) is 5.75 Å². The molecule has 3 atom stereocenters. The molecule has 3 heterocycles. The first-order valence-electron chi connectivity index (χ1n) is 12.4. The molecule has 2 aliphatic rings. The van der Waals surface area contributed by atoms with Gasteiger partial charge < -0.3 is 14.5 Å². The van der Waals surface area contributed by atoms with Crippen molar-refractivity contribution in [2.75, 3.05) is 27.3 Å². The molecule has 0 amide bonds. The Morgan fingerprint density at radius 2 is 1.97 bits per heavy atom. The number of aromatic amines is 1. The van der Waals surface area contributed by atoms with E-state index >= 15 is 0 Å². The predicted molar refractivity (Wildman–Crippen MR) is 136 cm³/mol. The molecule has 1 fully saturated rings. The number of methoxy groups -OCH3 is 2. The average molecular weight is 459 g/mol. The molecule has 5 rings (SSSR count). The second-order valence-electron chi connectivity index (χ2n) is 9.49. The van der Waals surface area contributed by atoms with Gasteiger partial charge in [-0.25, -0.2) is 4.79 Å². The number of ether oxygens (including phenoxy) is 2. The van der Waals surface area contributed by atoms with Crippen LogP contribution in [-0.4, -0.2) is 43.2 Å². The number of H-pyrrole nitrogens is 1. The van der Waals surface area contributed by atoms with Crippen LogP contribution in [0.5, 0.6) is 5.75 Å². The van der Waals surface area contributed by atoms with Crippen molar-refractivity contribution in [3.8, 4) is 16.9 Å². The summed E-state index contributed by atoms with van der Waals surface area (Å²) in [6.07, 6.45) is 4.93. The lowest BCUT2D eigenvalue weighted by Gasteiger charge is -2.46. The standard InChI is InChI=1S/C29H34N2O3/c1-5-18-17-31-13-12-22-27-24(14-20(15-26(27)33-3)19-10-8-7-9-11-19)30-28(22)25(31)16-23(18)21(6-2)29(32)34-4/h6-11,14-15,18,23,25,30H,5,12-13,16-17H2,1-4H3/b21-6+/t18-,23+,25+/m1/s1. The van der Waals surface area contributed by atoms with Gasteiger partial charge in [0.05, 0.1) is 25.8 Å². The number of rotatable bonds is 5. The second-order valence-corrected chi connectivity index (χ2v) is 9.49. The molecule has 5 nitrogen and oxygen atoms in total. The zero-order chi connectivity index (χ0) is 23.8. The number of piperidine rings is 1. The third-order valence-corrected chi connectivity index (χ3v) is 7.92. The van der Waals surface area contributed by atoms with Gasteiger partial charge in [0.2, 0.25) is 0 Å². The number of allylic oxidation sites excluding steroid dienone is 1. The number of aromatic nitrogens is 1. The van der Waals surface area contributed by atoms with Gasteiger partial charge in [-0.15, -0.1) is 0 Å². The van der Waals surface area contributed by atoms with E-state index in [0.717, 1.165) is 54.8 Å². The number of nitrogens with one attached hydrogen (secondary N) is 1. The molecule has 0 bridgehead atoms. The van der Waals surface area contributed by atoms with Crippen LogP contribution in [-0.2, 0) is 16.0 Å². The maximum absolute atomic E-state index is 12.6. The minimum absolute atomic E-state index is 0.193. The first kappa shape index (κ1) is 22.7. The molecule has 0 radical (unpaired) electrons. The highest BCUT2D eigenvalue weighted by Gasteiger charge is 2.42. The Morgan fingerprint density at radius 1 is 1.18 bits per heavy atom. The van der Waals surface area contributed by atoms with Crippen molar-refractivity contribution < 1.29 is 14.3 Å². The third-order valence-electron chi connectivity index (χ3n) is 7.92. The van der Waals surface area contributed by atoms with Crippen LogP contribution in [0.15, 0.2) is 54.1 Å². The molecule has 0 unspecified atom stereocenters. The lowest BCUT2D eigenvalue weighted by atomic mass is 9.73. The van der Waals surface area contributed by atoms with Crippen LogP contribution in [0.1, 0.15) is 44.0 Å². The van der Waals surface area contributed by atoms with E-state index in [-0.39, 0.29) is 17.9 Å². The topological polar surface area (TPSA) is 54.6 Å². The number of esters is 1. The summed E-state index contributed by atoms with van der Waals surface area (Å²) < 4.78 is 11.0. The summed E-state index contributed by atoms with van der Waals surface area (Å²) in [6, 6.07) is 15.1. The molecule has 1 saturated heterocycles. The lowest BCUT2D eigenvalue weighted by Crippen LogP contribution is -2.46. The number of nitrogens with zero attached hydrogens (tertiary/aromatic N) is 1. The first-order chi connectivity index (χ1) is 16.6. The number of benzene rings is 2. The molecule has 5 heteroatoms. The molecule has 1 N–H and O–H groups in total.